The third kappa shape index (κ3) is 1.82. The first-order valence-electron chi connectivity index (χ1n) is 4.88. The largest absolute Gasteiger partial charge is 0.337 e. The number of nitrogens with zero attached hydrogens (tertiary/aromatic N) is 1. The zero-order chi connectivity index (χ0) is 9.26. The van der Waals surface area contributed by atoms with Crippen molar-refractivity contribution < 1.29 is 4.79 Å². The second kappa shape index (κ2) is 3.62. The lowest BCUT2D eigenvalue weighted by Gasteiger charge is -2.30. The van der Waals surface area contributed by atoms with Crippen molar-refractivity contribution in [2.24, 2.45) is 0 Å². The number of carbonyl (C=O) groups is 1. The monoisotopic (exact) mass is 198 g/mol. The van der Waals surface area contributed by atoms with Crippen molar-refractivity contribution in [2.75, 3.05) is 6.54 Å². The second-order valence-electron chi connectivity index (χ2n) is 3.77. The molecule has 1 saturated carbocycles. The van der Waals surface area contributed by atoms with Crippen molar-refractivity contribution in [2.45, 2.75) is 38.1 Å². The van der Waals surface area contributed by atoms with Crippen LogP contribution in [0.15, 0.2) is 0 Å². The van der Waals surface area contributed by atoms with Gasteiger partial charge in [-0.1, -0.05) is 19.3 Å². The Labute approximate surface area is 83.5 Å². The standard InChI is InChI=1S/C9H14N2OS/c12-8-6-11(9(13)10-8)7-4-2-1-3-5-7/h7H,1-6H2,(H,10,12,13). The van der Waals surface area contributed by atoms with Crippen LogP contribution in [0.2, 0.25) is 0 Å². The van der Waals surface area contributed by atoms with Gasteiger partial charge in [0.2, 0.25) is 5.91 Å². The van der Waals surface area contributed by atoms with Crippen LogP contribution in [0.3, 0.4) is 0 Å². The maximum atomic E-state index is 11.1. The van der Waals surface area contributed by atoms with E-state index >= 15 is 0 Å². The number of rotatable bonds is 1. The van der Waals surface area contributed by atoms with Gasteiger partial charge >= 0.3 is 0 Å². The van der Waals surface area contributed by atoms with Crippen LogP contribution in [0.4, 0.5) is 0 Å². The summed E-state index contributed by atoms with van der Waals surface area (Å²) in [5.41, 5.74) is 0. The van der Waals surface area contributed by atoms with Crippen molar-refractivity contribution in [3.05, 3.63) is 0 Å². The minimum atomic E-state index is 0.0515. The molecule has 0 bridgehead atoms. The summed E-state index contributed by atoms with van der Waals surface area (Å²) in [6.45, 7) is 0.476. The lowest BCUT2D eigenvalue weighted by atomic mass is 9.94. The molecule has 1 amide bonds. The van der Waals surface area contributed by atoms with Crippen molar-refractivity contribution in [1.29, 1.82) is 0 Å². The van der Waals surface area contributed by atoms with Crippen molar-refractivity contribution >= 4 is 23.2 Å². The van der Waals surface area contributed by atoms with Crippen molar-refractivity contribution in [3.63, 3.8) is 0 Å². The molecule has 0 aromatic carbocycles. The van der Waals surface area contributed by atoms with E-state index in [1.165, 1.54) is 32.1 Å². The smallest absolute Gasteiger partial charge is 0.245 e. The Balaban J connectivity index is 1.99. The average Bonchev–Trinajstić information content (AvgIpc) is 2.47. The molecule has 2 fully saturated rings. The van der Waals surface area contributed by atoms with Gasteiger partial charge in [0.15, 0.2) is 5.11 Å². The minimum absolute atomic E-state index is 0.0515. The zero-order valence-corrected chi connectivity index (χ0v) is 8.40. The molecular weight excluding hydrogens is 184 g/mol. The van der Waals surface area contributed by atoms with E-state index < -0.39 is 0 Å². The lowest BCUT2D eigenvalue weighted by molar-refractivity contribution is -0.118. The molecule has 0 atom stereocenters. The molecule has 2 rings (SSSR count). The molecule has 3 nitrogen and oxygen atoms in total. The summed E-state index contributed by atoms with van der Waals surface area (Å²) in [4.78, 5) is 13.1. The molecule has 4 heteroatoms. The summed E-state index contributed by atoms with van der Waals surface area (Å²) >= 11 is 5.09. The summed E-state index contributed by atoms with van der Waals surface area (Å²) < 4.78 is 0. The van der Waals surface area contributed by atoms with Gasteiger partial charge in [-0.25, -0.2) is 0 Å². The van der Waals surface area contributed by atoms with Crippen LogP contribution < -0.4 is 5.32 Å². The Morgan fingerprint density at radius 3 is 2.54 bits per heavy atom. The Morgan fingerprint density at radius 2 is 2.00 bits per heavy atom. The van der Waals surface area contributed by atoms with Crippen LogP contribution in [0.1, 0.15) is 32.1 Å². The summed E-state index contributed by atoms with van der Waals surface area (Å²) in [5, 5.41) is 3.32. The molecule has 0 spiro atoms. The van der Waals surface area contributed by atoms with E-state index in [-0.39, 0.29) is 5.91 Å². The van der Waals surface area contributed by atoms with Crippen LogP contribution in [0, 0.1) is 0 Å². The Bertz CT molecular complexity index is 236. The number of hydrogen-bond acceptors (Lipinski definition) is 2. The molecule has 2 aliphatic rings. The zero-order valence-electron chi connectivity index (χ0n) is 7.58. The molecule has 0 aromatic heterocycles. The van der Waals surface area contributed by atoms with E-state index in [1.54, 1.807) is 0 Å². The average molecular weight is 198 g/mol. The summed E-state index contributed by atoms with van der Waals surface area (Å²) in [6, 6.07) is 0.514. The maximum absolute atomic E-state index is 11.1. The van der Waals surface area contributed by atoms with Gasteiger partial charge in [-0.15, -0.1) is 0 Å². The highest BCUT2D eigenvalue weighted by molar-refractivity contribution is 7.80. The first kappa shape index (κ1) is 8.94. The molecule has 0 radical (unpaired) electrons. The van der Waals surface area contributed by atoms with E-state index in [4.69, 9.17) is 12.2 Å². The molecule has 1 saturated heterocycles. The molecule has 72 valence electrons. The van der Waals surface area contributed by atoms with E-state index in [0.29, 0.717) is 17.7 Å². The maximum Gasteiger partial charge on any atom is 0.245 e. The SMILES string of the molecule is O=C1CN(C2CCCCC2)C(=S)N1. The molecular formula is C9H14N2OS. The van der Waals surface area contributed by atoms with Gasteiger partial charge < -0.3 is 10.2 Å². The fourth-order valence-electron chi connectivity index (χ4n) is 2.14. The molecule has 1 N–H and O–H groups in total. The first-order chi connectivity index (χ1) is 6.27. The quantitative estimate of drug-likeness (QED) is 0.639. The Kier molecular flexibility index (Phi) is 2.49. The lowest BCUT2D eigenvalue weighted by Crippen LogP contribution is -2.38. The summed E-state index contributed by atoms with van der Waals surface area (Å²) in [7, 11) is 0. The normalized spacial score (nSPS) is 25.1. The number of thiocarbonyl (C=S) groups is 1. The molecule has 0 aromatic rings. The third-order valence-corrected chi connectivity index (χ3v) is 3.17. The van der Waals surface area contributed by atoms with Crippen LogP contribution in [-0.4, -0.2) is 28.5 Å². The number of amides is 1. The number of hydrogen-bond donors (Lipinski definition) is 1. The Morgan fingerprint density at radius 1 is 1.31 bits per heavy atom. The first-order valence-corrected chi connectivity index (χ1v) is 5.28. The molecule has 1 heterocycles. The van der Waals surface area contributed by atoms with Gasteiger partial charge in [0.1, 0.15) is 0 Å². The van der Waals surface area contributed by atoms with Gasteiger partial charge in [0.25, 0.3) is 0 Å². The van der Waals surface area contributed by atoms with Gasteiger partial charge in [-0.3, -0.25) is 4.79 Å². The van der Waals surface area contributed by atoms with E-state index in [9.17, 15) is 4.79 Å². The third-order valence-electron chi connectivity index (χ3n) is 2.84. The topological polar surface area (TPSA) is 32.3 Å². The van der Waals surface area contributed by atoms with Gasteiger partial charge in [-0.2, -0.15) is 0 Å². The summed E-state index contributed by atoms with van der Waals surface area (Å²) in [5.74, 6) is 0.0515. The second-order valence-corrected chi connectivity index (χ2v) is 4.16. The van der Waals surface area contributed by atoms with Crippen LogP contribution in [0.5, 0.6) is 0 Å². The Hall–Kier alpha value is -0.640. The van der Waals surface area contributed by atoms with Crippen LogP contribution in [-0.2, 0) is 4.79 Å². The highest BCUT2D eigenvalue weighted by Gasteiger charge is 2.30. The van der Waals surface area contributed by atoms with Crippen LogP contribution >= 0.6 is 12.2 Å². The number of carbonyl (C=O) groups excluding carboxylic acids is 1. The van der Waals surface area contributed by atoms with E-state index in [0.717, 1.165) is 0 Å². The van der Waals surface area contributed by atoms with Crippen LogP contribution in [0.25, 0.3) is 0 Å². The predicted octanol–water partition coefficient (Wildman–Crippen LogP) is 1.04. The fraction of sp³-hybridized carbons (Fsp3) is 0.778. The number of nitrogens with one attached hydrogen (secondary N) is 1. The van der Waals surface area contributed by atoms with Crippen molar-refractivity contribution in [1.82, 2.24) is 10.2 Å². The van der Waals surface area contributed by atoms with Gasteiger partial charge in [-0.05, 0) is 25.1 Å². The van der Waals surface area contributed by atoms with Gasteiger partial charge in [0.05, 0.1) is 6.54 Å². The molecule has 0 unspecified atom stereocenters. The summed E-state index contributed by atoms with van der Waals surface area (Å²) in [6.07, 6.45) is 6.26. The fourth-order valence-corrected chi connectivity index (χ4v) is 2.47. The highest BCUT2D eigenvalue weighted by Crippen LogP contribution is 2.23. The predicted molar refractivity (Wildman–Crippen MR) is 54.3 cm³/mol. The molecule has 1 aliphatic carbocycles. The van der Waals surface area contributed by atoms with E-state index in [2.05, 4.69) is 10.2 Å². The van der Waals surface area contributed by atoms with E-state index in [1.807, 2.05) is 0 Å². The van der Waals surface area contributed by atoms with Gasteiger partial charge in [0, 0.05) is 6.04 Å². The molecule has 13 heavy (non-hydrogen) atoms. The van der Waals surface area contributed by atoms with Crippen molar-refractivity contribution in [3.8, 4) is 0 Å². The minimum Gasteiger partial charge on any atom is -0.337 e. The highest BCUT2D eigenvalue weighted by atomic mass is 32.1. The molecule has 1 aliphatic heterocycles.